The third kappa shape index (κ3) is 2.80. The Labute approximate surface area is 132 Å². The molecule has 1 unspecified atom stereocenters. The molecule has 0 fully saturated rings. The van der Waals surface area contributed by atoms with Gasteiger partial charge in [0.05, 0.1) is 11.9 Å². The highest BCUT2D eigenvalue weighted by Crippen LogP contribution is 2.30. The van der Waals surface area contributed by atoms with Crippen molar-refractivity contribution in [1.82, 2.24) is 15.0 Å². The normalized spacial score (nSPS) is 12.5. The fourth-order valence-electron chi connectivity index (χ4n) is 2.57. The summed E-state index contributed by atoms with van der Waals surface area (Å²) >= 11 is 5.91. The summed E-state index contributed by atoms with van der Waals surface area (Å²) in [5, 5.41) is 17.9. The first kappa shape index (κ1) is 14.5. The van der Waals surface area contributed by atoms with Crippen molar-refractivity contribution < 1.29 is 9.90 Å². The van der Waals surface area contributed by atoms with E-state index in [1.165, 1.54) is 0 Å². The van der Waals surface area contributed by atoms with Crippen LogP contribution < -0.4 is 0 Å². The van der Waals surface area contributed by atoms with Gasteiger partial charge in [0.25, 0.3) is 0 Å². The number of benzene rings is 2. The highest BCUT2D eigenvalue weighted by molar-refractivity contribution is 6.30. The van der Waals surface area contributed by atoms with Crippen molar-refractivity contribution in [2.75, 3.05) is 0 Å². The lowest BCUT2D eigenvalue weighted by Crippen LogP contribution is -2.08. The average Bonchev–Trinajstić information content (AvgIpc) is 2.86. The summed E-state index contributed by atoms with van der Waals surface area (Å²) in [7, 11) is 1.82. The van der Waals surface area contributed by atoms with Crippen LogP contribution in [0.25, 0.3) is 11.0 Å². The monoisotopic (exact) mass is 315 g/mol. The molecule has 1 atom stereocenters. The number of halogens is 1. The number of carboxylic acid groups (broad SMARTS) is 1. The zero-order chi connectivity index (χ0) is 15.7. The van der Waals surface area contributed by atoms with E-state index in [2.05, 4.69) is 10.3 Å². The predicted octanol–water partition coefficient (Wildman–Crippen LogP) is 3.23. The maximum absolute atomic E-state index is 11.2. The minimum absolute atomic E-state index is 0.00734. The van der Waals surface area contributed by atoms with Crippen LogP contribution in [0.3, 0.4) is 0 Å². The molecule has 1 heterocycles. The van der Waals surface area contributed by atoms with E-state index in [1.54, 1.807) is 16.8 Å². The number of aryl methyl sites for hydroxylation is 1. The average molecular weight is 316 g/mol. The zero-order valence-electron chi connectivity index (χ0n) is 11.9. The van der Waals surface area contributed by atoms with Gasteiger partial charge in [-0.15, -0.1) is 5.10 Å². The molecular weight excluding hydrogens is 302 g/mol. The van der Waals surface area contributed by atoms with Crippen molar-refractivity contribution in [3.8, 4) is 0 Å². The van der Waals surface area contributed by atoms with Gasteiger partial charge in [-0.2, -0.15) is 0 Å². The summed E-state index contributed by atoms with van der Waals surface area (Å²) in [5.74, 6) is -1.10. The number of carboxylic acids is 1. The molecule has 3 rings (SSSR count). The molecule has 0 aliphatic rings. The van der Waals surface area contributed by atoms with E-state index in [0.717, 1.165) is 22.2 Å². The Balaban J connectivity index is 2.06. The SMILES string of the molecule is Cn1nnc2cc(C(CC(=O)O)c3ccc(Cl)cc3)ccc21. The van der Waals surface area contributed by atoms with Crippen molar-refractivity contribution in [2.45, 2.75) is 12.3 Å². The first-order valence-electron chi connectivity index (χ1n) is 6.81. The molecule has 0 aliphatic heterocycles. The molecular formula is C16H14ClN3O2. The van der Waals surface area contributed by atoms with Crippen LogP contribution in [0.2, 0.25) is 5.02 Å². The van der Waals surface area contributed by atoms with E-state index >= 15 is 0 Å². The largest absolute Gasteiger partial charge is 0.481 e. The van der Waals surface area contributed by atoms with E-state index in [9.17, 15) is 9.90 Å². The molecule has 112 valence electrons. The molecule has 1 aromatic heterocycles. The lowest BCUT2D eigenvalue weighted by atomic mass is 9.88. The van der Waals surface area contributed by atoms with Crippen LogP contribution in [0.4, 0.5) is 0 Å². The van der Waals surface area contributed by atoms with Gasteiger partial charge in [-0.1, -0.05) is 35.0 Å². The van der Waals surface area contributed by atoms with E-state index < -0.39 is 5.97 Å². The Morgan fingerprint density at radius 2 is 1.91 bits per heavy atom. The highest BCUT2D eigenvalue weighted by atomic mass is 35.5. The van der Waals surface area contributed by atoms with Gasteiger partial charge < -0.3 is 5.11 Å². The molecule has 0 bridgehead atoms. The van der Waals surface area contributed by atoms with Crippen LogP contribution in [0, 0.1) is 0 Å². The standard InChI is InChI=1S/C16H14ClN3O2/c1-20-15-7-4-11(8-14(15)18-19-20)13(9-16(21)22)10-2-5-12(17)6-3-10/h2-8,13H,9H2,1H3,(H,21,22). The van der Waals surface area contributed by atoms with Crippen molar-refractivity contribution >= 4 is 28.6 Å². The first-order chi connectivity index (χ1) is 10.5. The molecule has 6 heteroatoms. The number of nitrogens with zero attached hydrogens (tertiary/aromatic N) is 3. The second kappa shape index (κ2) is 5.77. The molecule has 2 aromatic carbocycles. The molecule has 0 spiro atoms. The van der Waals surface area contributed by atoms with E-state index in [1.807, 2.05) is 37.4 Å². The van der Waals surface area contributed by atoms with Gasteiger partial charge in [-0.05, 0) is 35.4 Å². The number of hydrogen-bond donors (Lipinski definition) is 1. The summed E-state index contributed by atoms with van der Waals surface area (Å²) in [6.45, 7) is 0. The van der Waals surface area contributed by atoms with Crippen molar-refractivity contribution in [3.63, 3.8) is 0 Å². The zero-order valence-corrected chi connectivity index (χ0v) is 12.7. The number of carbonyl (C=O) groups is 1. The van der Waals surface area contributed by atoms with E-state index in [4.69, 9.17) is 11.6 Å². The third-order valence-electron chi connectivity index (χ3n) is 3.69. The lowest BCUT2D eigenvalue weighted by molar-refractivity contribution is -0.137. The molecule has 5 nitrogen and oxygen atoms in total. The molecule has 0 amide bonds. The summed E-state index contributed by atoms with van der Waals surface area (Å²) in [6, 6.07) is 13.0. The molecule has 3 aromatic rings. The van der Waals surface area contributed by atoms with Gasteiger partial charge >= 0.3 is 5.97 Å². The number of aromatic nitrogens is 3. The first-order valence-corrected chi connectivity index (χ1v) is 7.19. The van der Waals surface area contributed by atoms with Crippen molar-refractivity contribution in [2.24, 2.45) is 7.05 Å². The highest BCUT2D eigenvalue weighted by Gasteiger charge is 2.19. The van der Waals surface area contributed by atoms with Crippen LogP contribution in [0.15, 0.2) is 42.5 Å². The molecule has 0 saturated carbocycles. The van der Waals surface area contributed by atoms with Crippen molar-refractivity contribution in [1.29, 1.82) is 0 Å². The van der Waals surface area contributed by atoms with Gasteiger partial charge in [0.1, 0.15) is 5.52 Å². The second-order valence-electron chi connectivity index (χ2n) is 5.16. The summed E-state index contributed by atoms with van der Waals surface area (Å²) in [5.41, 5.74) is 3.48. The summed E-state index contributed by atoms with van der Waals surface area (Å²) < 4.78 is 1.69. The predicted molar refractivity (Wildman–Crippen MR) is 84.1 cm³/mol. The minimum atomic E-state index is -0.848. The molecule has 0 aliphatic carbocycles. The van der Waals surface area contributed by atoms with Gasteiger partial charge in [0, 0.05) is 18.0 Å². The fraction of sp³-hybridized carbons (Fsp3) is 0.188. The topological polar surface area (TPSA) is 68.0 Å². The number of fused-ring (bicyclic) bond motifs is 1. The number of hydrogen-bond acceptors (Lipinski definition) is 3. The molecule has 1 N–H and O–H groups in total. The minimum Gasteiger partial charge on any atom is -0.481 e. The summed E-state index contributed by atoms with van der Waals surface area (Å²) in [4.78, 5) is 11.2. The maximum Gasteiger partial charge on any atom is 0.304 e. The van der Waals surface area contributed by atoms with Crippen LogP contribution in [0.5, 0.6) is 0 Å². The quantitative estimate of drug-likeness (QED) is 0.802. The van der Waals surface area contributed by atoms with Crippen LogP contribution in [-0.4, -0.2) is 26.1 Å². The Kier molecular flexibility index (Phi) is 3.81. The maximum atomic E-state index is 11.2. The molecule has 22 heavy (non-hydrogen) atoms. The third-order valence-corrected chi connectivity index (χ3v) is 3.94. The van der Waals surface area contributed by atoms with Gasteiger partial charge in [0.15, 0.2) is 0 Å². The molecule has 0 saturated heterocycles. The second-order valence-corrected chi connectivity index (χ2v) is 5.60. The Morgan fingerprint density at radius 3 is 2.59 bits per heavy atom. The smallest absolute Gasteiger partial charge is 0.304 e. The summed E-state index contributed by atoms with van der Waals surface area (Å²) in [6.07, 6.45) is 0.00734. The van der Waals surface area contributed by atoms with Crippen LogP contribution in [-0.2, 0) is 11.8 Å². The van der Waals surface area contributed by atoms with Gasteiger partial charge in [0.2, 0.25) is 0 Å². The van der Waals surface area contributed by atoms with E-state index in [0.29, 0.717) is 5.02 Å². The van der Waals surface area contributed by atoms with Crippen molar-refractivity contribution in [3.05, 3.63) is 58.6 Å². The number of rotatable bonds is 4. The van der Waals surface area contributed by atoms with E-state index in [-0.39, 0.29) is 12.3 Å². The number of aliphatic carboxylic acids is 1. The fourth-order valence-corrected chi connectivity index (χ4v) is 2.70. The van der Waals surface area contributed by atoms with Crippen LogP contribution >= 0.6 is 11.6 Å². The Bertz CT molecular complexity index is 827. The van der Waals surface area contributed by atoms with Crippen LogP contribution in [0.1, 0.15) is 23.5 Å². The lowest BCUT2D eigenvalue weighted by Gasteiger charge is -2.16. The molecule has 0 radical (unpaired) electrons. The van der Waals surface area contributed by atoms with Gasteiger partial charge in [-0.25, -0.2) is 4.68 Å². The Morgan fingerprint density at radius 1 is 1.23 bits per heavy atom. The Hall–Kier alpha value is -2.40. The van der Waals surface area contributed by atoms with Gasteiger partial charge in [-0.3, -0.25) is 4.79 Å².